The van der Waals surface area contributed by atoms with E-state index in [4.69, 9.17) is 18.9 Å². The van der Waals surface area contributed by atoms with Crippen molar-refractivity contribution in [3.8, 4) is 11.5 Å². The molecule has 0 aliphatic heterocycles. The lowest BCUT2D eigenvalue weighted by Gasteiger charge is -2.19. The average Bonchev–Trinajstić information content (AvgIpc) is 2.91. The van der Waals surface area contributed by atoms with Gasteiger partial charge in [-0.2, -0.15) is 0 Å². The van der Waals surface area contributed by atoms with Gasteiger partial charge in [0.15, 0.2) is 0 Å². The normalized spacial score (nSPS) is 11.7. The van der Waals surface area contributed by atoms with Gasteiger partial charge in [0.05, 0.1) is 0 Å². The molecule has 10 heteroatoms. The van der Waals surface area contributed by atoms with Crippen LogP contribution in [0.5, 0.6) is 11.5 Å². The van der Waals surface area contributed by atoms with E-state index in [1.54, 1.807) is 102 Å². The van der Waals surface area contributed by atoms with Crippen LogP contribution in [0.1, 0.15) is 78.4 Å². The van der Waals surface area contributed by atoms with Gasteiger partial charge in [0.2, 0.25) is 11.8 Å². The number of rotatable bonds is 13. The second-order valence-corrected chi connectivity index (χ2v) is 11.9. The summed E-state index contributed by atoms with van der Waals surface area (Å²) >= 11 is 0. The molecule has 0 aliphatic rings. The lowest BCUT2D eigenvalue weighted by molar-refractivity contribution is -0.117. The van der Waals surface area contributed by atoms with Gasteiger partial charge in [0.25, 0.3) is 0 Å². The van der Waals surface area contributed by atoms with Crippen molar-refractivity contribution in [2.24, 2.45) is 0 Å². The van der Waals surface area contributed by atoms with E-state index in [1.807, 2.05) is 0 Å². The fourth-order valence-corrected chi connectivity index (χ4v) is 3.62. The van der Waals surface area contributed by atoms with Crippen molar-refractivity contribution in [1.29, 1.82) is 0 Å². The molecule has 0 radical (unpaired) electrons. The van der Waals surface area contributed by atoms with Gasteiger partial charge in [0.1, 0.15) is 22.7 Å². The third kappa shape index (κ3) is 15.6. The molecule has 0 fully saturated rings. The maximum atomic E-state index is 12.2. The van der Waals surface area contributed by atoms with Crippen molar-refractivity contribution in [1.82, 2.24) is 10.6 Å². The summed E-state index contributed by atoms with van der Waals surface area (Å²) in [5.74, 6) is 0.0826. The lowest BCUT2D eigenvalue weighted by Crippen LogP contribution is -2.26. The van der Waals surface area contributed by atoms with Crippen molar-refractivity contribution in [3.05, 3.63) is 71.8 Å². The largest absolute Gasteiger partial charge is 0.514 e. The fraction of sp³-hybridized carbons (Fsp3) is 0.412. The zero-order valence-electron chi connectivity index (χ0n) is 26.4. The Bertz CT molecular complexity index is 1220. The Labute approximate surface area is 259 Å². The molecule has 0 spiro atoms. The summed E-state index contributed by atoms with van der Waals surface area (Å²) < 4.78 is 20.9. The molecule has 0 unspecified atom stereocenters. The molecule has 2 N–H and O–H groups in total. The summed E-state index contributed by atoms with van der Waals surface area (Å²) in [7, 11) is 0. The van der Waals surface area contributed by atoms with Crippen molar-refractivity contribution in [2.45, 2.75) is 78.4 Å². The number of hydrogen-bond donors (Lipinski definition) is 2. The van der Waals surface area contributed by atoms with Crippen LogP contribution in [0.25, 0.3) is 12.2 Å². The van der Waals surface area contributed by atoms with E-state index in [0.29, 0.717) is 35.7 Å². The first kappa shape index (κ1) is 35.6. The molecular weight excluding hydrogens is 564 g/mol. The van der Waals surface area contributed by atoms with Gasteiger partial charge < -0.3 is 29.6 Å². The summed E-state index contributed by atoms with van der Waals surface area (Å²) in [6, 6.07) is 13.7. The smallest absolute Gasteiger partial charge is 0.428 e. The Balaban J connectivity index is 1.65. The third-order valence-corrected chi connectivity index (χ3v) is 5.53. The van der Waals surface area contributed by atoms with Crippen LogP contribution in [0.4, 0.5) is 9.59 Å². The van der Waals surface area contributed by atoms with Crippen molar-refractivity contribution >= 4 is 36.3 Å². The number of amides is 2. The third-order valence-electron chi connectivity index (χ3n) is 5.53. The highest BCUT2D eigenvalue weighted by atomic mass is 16.7. The van der Waals surface area contributed by atoms with Gasteiger partial charge in [0, 0.05) is 36.4 Å². The topological polar surface area (TPSA) is 129 Å². The second kappa shape index (κ2) is 17.5. The van der Waals surface area contributed by atoms with E-state index >= 15 is 0 Å². The molecule has 0 atom stereocenters. The second-order valence-electron chi connectivity index (χ2n) is 11.9. The van der Waals surface area contributed by atoms with Gasteiger partial charge >= 0.3 is 12.3 Å². The highest BCUT2D eigenvalue weighted by molar-refractivity contribution is 5.92. The predicted molar refractivity (Wildman–Crippen MR) is 169 cm³/mol. The average molecular weight is 609 g/mol. The van der Waals surface area contributed by atoms with Crippen molar-refractivity contribution < 1.29 is 38.1 Å². The molecule has 0 saturated carbocycles. The number of ether oxygens (including phenoxy) is 4. The first-order chi connectivity index (χ1) is 20.7. The van der Waals surface area contributed by atoms with Gasteiger partial charge in [-0.15, -0.1) is 0 Å². The number of carbonyl (C=O) groups is 4. The van der Waals surface area contributed by atoms with E-state index in [-0.39, 0.29) is 11.8 Å². The molecule has 0 aromatic heterocycles. The van der Waals surface area contributed by atoms with Crippen LogP contribution in [0.15, 0.2) is 60.7 Å². The highest BCUT2D eigenvalue weighted by Gasteiger charge is 2.20. The molecule has 238 valence electrons. The van der Waals surface area contributed by atoms with Crippen LogP contribution in [0, 0.1) is 0 Å². The molecule has 44 heavy (non-hydrogen) atoms. The summed E-state index contributed by atoms with van der Waals surface area (Å²) in [6.07, 6.45) is 7.68. The molecule has 2 aromatic carbocycles. The van der Waals surface area contributed by atoms with Crippen molar-refractivity contribution in [2.75, 3.05) is 13.1 Å². The lowest BCUT2D eigenvalue weighted by atomic mass is 10.1. The maximum Gasteiger partial charge on any atom is 0.514 e. The number of hydrogen-bond acceptors (Lipinski definition) is 8. The first-order valence-corrected chi connectivity index (χ1v) is 14.6. The summed E-state index contributed by atoms with van der Waals surface area (Å²) in [6.45, 7) is 11.5. The first-order valence-electron chi connectivity index (χ1n) is 14.6. The van der Waals surface area contributed by atoms with Crippen LogP contribution < -0.4 is 20.1 Å². The van der Waals surface area contributed by atoms with E-state index in [1.165, 1.54) is 12.2 Å². The van der Waals surface area contributed by atoms with Crippen LogP contribution in [-0.4, -0.2) is 48.4 Å². The molecule has 2 rings (SSSR count). The van der Waals surface area contributed by atoms with Crippen LogP contribution in [0.3, 0.4) is 0 Å². The highest BCUT2D eigenvalue weighted by Crippen LogP contribution is 2.22. The Morgan fingerprint density at radius 2 is 0.955 bits per heavy atom. The number of nitrogens with one attached hydrogen (secondary N) is 2. The quantitative estimate of drug-likeness (QED) is 0.110. The van der Waals surface area contributed by atoms with Crippen molar-refractivity contribution in [3.63, 3.8) is 0 Å². The SMILES string of the molecule is CC(C)(C)OC(=O)Oc1ccccc1/C=C/C(=O)NCCCCCCNC(=O)/C=C/c1ccccc1OC(=O)OC(C)(C)C. The molecule has 0 heterocycles. The minimum Gasteiger partial charge on any atom is -0.428 e. The molecule has 10 nitrogen and oxygen atoms in total. The Hall–Kier alpha value is -4.60. The number of para-hydroxylation sites is 2. The van der Waals surface area contributed by atoms with Crippen LogP contribution >= 0.6 is 0 Å². The zero-order valence-corrected chi connectivity index (χ0v) is 26.4. The fourth-order valence-electron chi connectivity index (χ4n) is 3.62. The van der Waals surface area contributed by atoms with E-state index in [9.17, 15) is 19.2 Å². The Morgan fingerprint density at radius 3 is 1.32 bits per heavy atom. The van der Waals surface area contributed by atoms with E-state index < -0.39 is 23.5 Å². The monoisotopic (exact) mass is 608 g/mol. The summed E-state index contributed by atoms with van der Waals surface area (Å²) in [4.78, 5) is 48.4. The molecule has 2 aromatic rings. The maximum absolute atomic E-state index is 12.2. The van der Waals surface area contributed by atoms with E-state index in [2.05, 4.69) is 10.6 Å². The number of benzene rings is 2. The summed E-state index contributed by atoms with van der Waals surface area (Å²) in [5.41, 5.74) is -0.209. The molecular formula is C34H44N2O8. The molecule has 0 bridgehead atoms. The molecule has 2 amide bonds. The van der Waals surface area contributed by atoms with Gasteiger partial charge in [-0.25, -0.2) is 9.59 Å². The minimum atomic E-state index is -0.813. The van der Waals surface area contributed by atoms with Gasteiger partial charge in [-0.05, 0) is 78.7 Å². The summed E-state index contributed by atoms with van der Waals surface area (Å²) in [5, 5.41) is 5.67. The molecule has 0 saturated heterocycles. The minimum absolute atomic E-state index is 0.255. The van der Waals surface area contributed by atoms with Crippen LogP contribution in [-0.2, 0) is 19.1 Å². The van der Waals surface area contributed by atoms with E-state index in [0.717, 1.165) is 25.7 Å². The Morgan fingerprint density at radius 1 is 0.591 bits per heavy atom. The van der Waals surface area contributed by atoms with Crippen LogP contribution in [0.2, 0.25) is 0 Å². The predicted octanol–water partition coefficient (Wildman–Crippen LogP) is 6.83. The Kier molecular flexibility index (Phi) is 14.2. The molecule has 0 aliphatic carbocycles. The number of carbonyl (C=O) groups excluding carboxylic acids is 4. The zero-order chi connectivity index (χ0) is 32.6. The van der Waals surface area contributed by atoms with Gasteiger partial charge in [-0.3, -0.25) is 9.59 Å². The standard InChI is InChI=1S/C34H44N2O8/c1-33(2,3)43-31(39)41-27-17-11-9-15-25(27)19-21-29(37)35-23-13-7-8-14-24-36-30(38)22-20-26-16-10-12-18-28(26)42-32(40)44-34(4,5)6/h9-12,15-22H,7-8,13-14,23-24H2,1-6H3,(H,35,37)(H,36,38)/b21-19+,22-20+. The van der Waals surface area contributed by atoms with Gasteiger partial charge in [-0.1, -0.05) is 49.2 Å². The number of unbranched alkanes of at least 4 members (excludes halogenated alkanes) is 3.